The van der Waals surface area contributed by atoms with E-state index in [0.29, 0.717) is 25.8 Å². The van der Waals surface area contributed by atoms with Gasteiger partial charge in [0.15, 0.2) is 0 Å². The summed E-state index contributed by atoms with van der Waals surface area (Å²) in [5.41, 5.74) is 1.10. The maximum Gasteiger partial charge on any atom is 0.323 e. The molecule has 5 heteroatoms. The van der Waals surface area contributed by atoms with Crippen molar-refractivity contribution in [3.05, 3.63) is 35.9 Å². The molecule has 23 heavy (non-hydrogen) atoms. The number of benzene rings is 1. The zero-order valence-electron chi connectivity index (χ0n) is 13.6. The van der Waals surface area contributed by atoms with Crippen LogP contribution in [0, 0.1) is 0 Å². The van der Waals surface area contributed by atoms with Crippen LogP contribution in [0.1, 0.15) is 38.2 Å². The van der Waals surface area contributed by atoms with Gasteiger partial charge in [-0.05, 0) is 38.2 Å². The fourth-order valence-corrected chi connectivity index (χ4v) is 2.90. The Balaban J connectivity index is 1.83. The van der Waals surface area contributed by atoms with Crippen molar-refractivity contribution < 1.29 is 19.4 Å². The maximum absolute atomic E-state index is 12.3. The molecular formula is C18H25NO4. The lowest BCUT2D eigenvalue weighted by molar-refractivity contribution is -0.144. The van der Waals surface area contributed by atoms with Gasteiger partial charge in [-0.1, -0.05) is 30.3 Å². The zero-order valence-corrected chi connectivity index (χ0v) is 13.6. The molecule has 2 rings (SSSR count). The van der Waals surface area contributed by atoms with Crippen molar-refractivity contribution in [3.63, 3.8) is 0 Å². The summed E-state index contributed by atoms with van der Waals surface area (Å²) in [6.45, 7) is 2.23. The monoisotopic (exact) mass is 319 g/mol. The Kier molecular flexibility index (Phi) is 6.59. The van der Waals surface area contributed by atoms with E-state index in [9.17, 15) is 9.59 Å². The molecule has 0 spiro atoms. The Labute approximate surface area is 137 Å². The summed E-state index contributed by atoms with van der Waals surface area (Å²) < 4.78 is 5.71. The van der Waals surface area contributed by atoms with Crippen LogP contribution in [0.3, 0.4) is 0 Å². The number of carbonyl (C=O) groups is 2. The molecule has 0 radical (unpaired) electrons. The van der Waals surface area contributed by atoms with Crippen LogP contribution in [-0.4, -0.2) is 47.2 Å². The minimum absolute atomic E-state index is 0.105. The summed E-state index contributed by atoms with van der Waals surface area (Å²) in [7, 11) is 0. The molecule has 1 fully saturated rings. The van der Waals surface area contributed by atoms with Crippen LogP contribution in [0.5, 0.6) is 0 Å². The van der Waals surface area contributed by atoms with Crippen LogP contribution >= 0.6 is 0 Å². The predicted molar refractivity (Wildman–Crippen MR) is 87.2 cm³/mol. The van der Waals surface area contributed by atoms with Gasteiger partial charge in [-0.25, -0.2) is 0 Å². The summed E-state index contributed by atoms with van der Waals surface area (Å²) in [6, 6.07) is 9.79. The summed E-state index contributed by atoms with van der Waals surface area (Å²) in [4.78, 5) is 24.8. The summed E-state index contributed by atoms with van der Waals surface area (Å²) in [5.74, 6) is -1.08. The van der Waals surface area contributed by atoms with E-state index in [0.717, 1.165) is 18.4 Å². The minimum atomic E-state index is -0.975. The number of amides is 1. The third kappa shape index (κ3) is 6.02. The topological polar surface area (TPSA) is 66.8 Å². The fraction of sp³-hybridized carbons (Fsp3) is 0.556. The van der Waals surface area contributed by atoms with Gasteiger partial charge in [0.05, 0.1) is 12.2 Å². The molecule has 2 atom stereocenters. The number of ether oxygens (including phenoxy) is 1. The van der Waals surface area contributed by atoms with Crippen LogP contribution in [0.4, 0.5) is 0 Å². The second kappa shape index (κ2) is 8.67. The SMILES string of the molecule is CC1CCC(CCC(=O)N(CCc2ccccc2)CC(=O)O)O1. The number of carboxylic acids is 1. The van der Waals surface area contributed by atoms with Gasteiger partial charge in [0.2, 0.25) is 5.91 Å². The lowest BCUT2D eigenvalue weighted by atomic mass is 10.1. The van der Waals surface area contributed by atoms with E-state index in [1.54, 1.807) is 0 Å². The quantitative estimate of drug-likeness (QED) is 0.799. The lowest BCUT2D eigenvalue weighted by Crippen LogP contribution is -2.37. The number of aliphatic carboxylic acids is 1. The first kappa shape index (κ1) is 17.5. The molecule has 1 N–H and O–H groups in total. The fourth-order valence-electron chi connectivity index (χ4n) is 2.90. The van der Waals surface area contributed by atoms with Gasteiger partial charge in [0.25, 0.3) is 0 Å². The third-order valence-electron chi connectivity index (χ3n) is 4.19. The summed E-state index contributed by atoms with van der Waals surface area (Å²) >= 11 is 0. The van der Waals surface area contributed by atoms with E-state index in [-0.39, 0.29) is 24.7 Å². The molecule has 0 aromatic heterocycles. The largest absolute Gasteiger partial charge is 0.480 e. The molecule has 1 aromatic rings. The molecule has 1 aliphatic heterocycles. The van der Waals surface area contributed by atoms with Crippen LogP contribution in [0.2, 0.25) is 0 Å². The molecule has 0 aliphatic carbocycles. The first-order valence-electron chi connectivity index (χ1n) is 8.23. The maximum atomic E-state index is 12.3. The smallest absolute Gasteiger partial charge is 0.323 e. The van der Waals surface area contributed by atoms with Crippen molar-refractivity contribution in [1.29, 1.82) is 0 Å². The van der Waals surface area contributed by atoms with Gasteiger partial charge < -0.3 is 14.7 Å². The van der Waals surface area contributed by atoms with E-state index < -0.39 is 5.97 Å². The Morgan fingerprint density at radius 3 is 2.61 bits per heavy atom. The molecule has 2 unspecified atom stereocenters. The molecule has 1 aromatic carbocycles. The molecule has 1 aliphatic rings. The third-order valence-corrected chi connectivity index (χ3v) is 4.19. The highest BCUT2D eigenvalue weighted by molar-refractivity contribution is 5.81. The molecule has 5 nitrogen and oxygen atoms in total. The van der Waals surface area contributed by atoms with Gasteiger partial charge in [-0.15, -0.1) is 0 Å². The second-order valence-corrected chi connectivity index (χ2v) is 6.13. The predicted octanol–water partition coefficient (Wildman–Crippen LogP) is 2.49. The normalized spacial score (nSPS) is 20.4. The molecule has 1 heterocycles. The van der Waals surface area contributed by atoms with Gasteiger partial charge >= 0.3 is 5.97 Å². The van der Waals surface area contributed by atoms with Crippen molar-refractivity contribution in [1.82, 2.24) is 4.90 Å². The van der Waals surface area contributed by atoms with Crippen LogP contribution in [0.15, 0.2) is 30.3 Å². The number of carboxylic acid groups (broad SMARTS) is 1. The highest BCUT2D eigenvalue weighted by Gasteiger charge is 2.24. The van der Waals surface area contributed by atoms with E-state index in [4.69, 9.17) is 9.84 Å². The first-order chi connectivity index (χ1) is 11.0. The van der Waals surface area contributed by atoms with Gasteiger partial charge in [0.1, 0.15) is 6.54 Å². The molecule has 0 saturated carbocycles. The number of hydrogen-bond donors (Lipinski definition) is 1. The molecule has 126 valence electrons. The molecule has 0 bridgehead atoms. The van der Waals surface area contributed by atoms with E-state index in [1.165, 1.54) is 4.90 Å². The number of nitrogens with zero attached hydrogens (tertiary/aromatic N) is 1. The zero-order chi connectivity index (χ0) is 16.7. The molecular weight excluding hydrogens is 294 g/mol. The van der Waals surface area contributed by atoms with E-state index in [1.807, 2.05) is 37.3 Å². The minimum Gasteiger partial charge on any atom is -0.480 e. The number of rotatable bonds is 8. The number of carbonyl (C=O) groups excluding carboxylic acids is 1. The second-order valence-electron chi connectivity index (χ2n) is 6.13. The standard InChI is InChI=1S/C18H25NO4/c1-14-7-8-16(23-14)9-10-17(20)19(13-18(21)22)12-11-15-5-3-2-4-6-15/h2-6,14,16H,7-13H2,1H3,(H,21,22). The highest BCUT2D eigenvalue weighted by Crippen LogP contribution is 2.22. The van der Waals surface area contributed by atoms with Crippen molar-refractivity contribution in [2.45, 2.75) is 51.2 Å². The van der Waals surface area contributed by atoms with Crippen molar-refractivity contribution >= 4 is 11.9 Å². The summed E-state index contributed by atoms with van der Waals surface area (Å²) in [6.07, 6.45) is 4.10. The highest BCUT2D eigenvalue weighted by atomic mass is 16.5. The lowest BCUT2D eigenvalue weighted by Gasteiger charge is -2.21. The van der Waals surface area contributed by atoms with Gasteiger partial charge in [0, 0.05) is 13.0 Å². The van der Waals surface area contributed by atoms with Gasteiger partial charge in [-0.3, -0.25) is 9.59 Å². The Morgan fingerprint density at radius 2 is 2.00 bits per heavy atom. The molecule has 1 amide bonds. The van der Waals surface area contributed by atoms with Gasteiger partial charge in [-0.2, -0.15) is 0 Å². The average Bonchev–Trinajstić information content (AvgIpc) is 2.95. The Morgan fingerprint density at radius 1 is 1.26 bits per heavy atom. The first-order valence-corrected chi connectivity index (χ1v) is 8.23. The summed E-state index contributed by atoms with van der Waals surface area (Å²) in [5, 5.41) is 9.03. The van der Waals surface area contributed by atoms with Crippen molar-refractivity contribution in [2.75, 3.05) is 13.1 Å². The average molecular weight is 319 g/mol. The van der Waals surface area contributed by atoms with E-state index >= 15 is 0 Å². The van der Waals surface area contributed by atoms with E-state index in [2.05, 4.69) is 0 Å². The van der Waals surface area contributed by atoms with Crippen LogP contribution < -0.4 is 0 Å². The van der Waals surface area contributed by atoms with Crippen LogP contribution in [-0.2, 0) is 20.7 Å². The van der Waals surface area contributed by atoms with Crippen molar-refractivity contribution in [3.8, 4) is 0 Å². The number of hydrogen-bond acceptors (Lipinski definition) is 3. The Hall–Kier alpha value is -1.88. The van der Waals surface area contributed by atoms with Crippen LogP contribution in [0.25, 0.3) is 0 Å². The Bertz CT molecular complexity index is 517. The molecule has 1 saturated heterocycles. The van der Waals surface area contributed by atoms with Crippen molar-refractivity contribution in [2.24, 2.45) is 0 Å².